The predicted octanol–water partition coefficient (Wildman–Crippen LogP) is 2.46. The van der Waals surface area contributed by atoms with E-state index >= 15 is 0 Å². The molecule has 5 heteroatoms. The summed E-state index contributed by atoms with van der Waals surface area (Å²) in [5, 5.41) is 0. The Balaban J connectivity index is 2.29. The first-order chi connectivity index (χ1) is 9.32. The summed E-state index contributed by atoms with van der Waals surface area (Å²) in [6, 6.07) is 3.18. The van der Waals surface area contributed by atoms with Gasteiger partial charge in [0, 0.05) is 25.2 Å². The lowest BCUT2D eigenvalue weighted by Gasteiger charge is -2.45. The first kappa shape index (κ1) is 15.4. The maximum atomic E-state index is 14.0. The zero-order chi connectivity index (χ0) is 14.9. The molecule has 2 unspecified atom stereocenters. The van der Waals surface area contributed by atoms with Gasteiger partial charge < -0.3 is 10.5 Å². The topological polar surface area (TPSA) is 38.5 Å². The second-order valence-electron chi connectivity index (χ2n) is 6.03. The molecule has 2 atom stereocenters. The van der Waals surface area contributed by atoms with Crippen LogP contribution >= 0.6 is 0 Å². The molecule has 0 spiro atoms. The molecule has 2 N–H and O–H groups in total. The highest BCUT2D eigenvalue weighted by atomic mass is 19.1. The molecule has 1 heterocycles. The zero-order valence-electron chi connectivity index (χ0n) is 12.2. The highest BCUT2D eigenvalue weighted by Gasteiger charge is 2.35. The normalized spacial score (nSPS) is 24.6. The Kier molecular flexibility index (Phi) is 4.42. The van der Waals surface area contributed by atoms with Gasteiger partial charge in [0.25, 0.3) is 0 Å². The molecule has 0 radical (unpaired) electrons. The van der Waals surface area contributed by atoms with E-state index in [4.69, 9.17) is 10.5 Å². The van der Waals surface area contributed by atoms with Crippen LogP contribution in [0.1, 0.15) is 32.4 Å². The maximum absolute atomic E-state index is 14.0. The molecule has 112 valence electrons. The van der Waals surface area contributed by atoms with Gasteiger partial charge in [0.05, 0.1) is 17.7 Å². The highest BCUT2D eigenvalue weighted by Crippen LogP contribution is 2.30. The van der Waals surface area contributed by atoms with E-state index in [1.54, 1.807) is 0 Å². The molecule has 1 aliphatic heterocycles. The smallest absolute Gasteiger partial charge is 0.128 e. The van der Waals surface area contributed by atoms with Gasteiger partial charge in [0.15, 0.2) is 0 Å². The second kappa shape index (κ2) is 5.76. The Bertz CT molecular complexity index is 479. The first-order valence-corrected chi connectivity index (χ1v) is 6.89. The van der Waals surface area contributed by atoms with E-state index in [-0.39, 0.29) is 24.3 Å². The van der Waals surface area contributed by atoms with E-state index in [2.05, 4.69) is 4.90 Å². The van der Waals surface area contributed by atoms with Crippen molar-refractivity contribution >= 4 is 0 Å². The highest BCUT2D eigenvalue weighted by molar-refractivity contribution is 5.23. The predicted molar refractivity (Wildman–Crippen MR) is 74.4 cm³/mol. The van der Waals surface area contributed by atoms with Crippen LogP contribution in [0.2, 0.25) is 0 Å². The quantitative estimate of drug-likeness (QED) is 0.926. The third-order valence-corrected chi connectivity index (χ3v) is 3.58. The van der Waals surface area contributed by atoms with Crippen molar-refractivity contribution < 1.29 is 13.5 Å². The monoisotopic (exact) mass is 284 g/mol. The number of nitrogens with two attached hydrogens (primary N) is 1. The van der Waals surface area contributed by atoms with Crippen molar-refractivity contribution in [2.45, 2.75) is 38.5 Å². The lowest BCUT2D eigenvalue weighted by Crippen LogP contribution is -2.54. The molecular weight excluding hydrogens is 262 g/mol. The SMILES string of the molecule is CC1CN(C(CN)c2cc(F)ccc2F)CC(C)(C)O1. The van der Waals surface area contributed by atoms with Crippen molar-refractivity contribution in [2.75, 3.05) is 19.6 Å². The van der Waals surface area contributed by atoms with Gasteiger partial charge in [-0.2, -0.15) is 0 Å². The lowest BCUT2D eigenvalue weighted by molar-refractivity contribution is -0.138. The van der Waals surface area contributed by atoms with Crippen molar-refractivity contribution in [2.24, 2.45) is 5.73 Å². The van der Waals surface area contributed by atoms with E-state index in [1.165, 1.54) is 6.07 Å². The Hall–Kier alpha value is -1.04. The van der Waals surface area contributed by atoms with Crippen LogP contribution in [0.4, 0.5) is 8.78 Å². The van der Waals surface area contributed by atoms with Crippen LogP contribution in [0.3, 0.4) is 0 Å². The van der Waals surface area contributed by atoms with Gasteiger partial charge in [0.2, 0.25) is 0 Å². The largest absolute Gasteiger partial charge is 0.370 e. The van der Waals surface area contributed by atoms with Crippen LogP contribution in [0.15, 0.2) is 18.2 Å². The van der Waals surface area contributed by atoms with E-state index in [1.807, 2.05) is 20.8 Å². The second-order valence-corrected chi connectivity index (χ2v) is 6.03. The van der Waals surface area contributed by atoms with Crippen molar-refractivity contribution in [1.29, 1.82) is 0 Å². The van der Waals surface area contributed by atoms with Crippen LogP contribution in [-0.4, -0.2) is 36.2 Å². The summed E-state index contributed by atoms with van der Waals surface area (Å²) in [4.78, 5) is 2.08. The third-order valence-electron chi connectivity index (χ3n) is 3.58. The molecule has 3 nitrogen and oxygen atoms in total. The Morgan fingerprint density at radius 3 is 2.75 bits per heavy atom. The summed E-state index contributed by atoms with van der Waals surface area (Å²) in [5.74, 6) is -0.862. The number of hydrogen-bond acceptors (Lipinski definition) is 3. The third kappa shape index (κ3) is 3.34. The van der Waals surface area contributed by atoms with Crippen molar-refractivity contribution in [3.8, 4) is 0 Å². The molecule has 1 aromatic carbocycles. The minimum absolute atomic E-state index is 0.0319. The standard InChI is InChI=1S/C15H22F2N2O/c1-10-8-19(9-15(2,3)20-10)14(7-18)12-6-11(16)4-5-13(12)17/h4-6,10,14H,7-9,18H2,1-3H3. The molecule has 20 heavy (non-hydrogen) atoms. The molecular formula is C15H22F2N2O. The van der Waals surface area contributed by atoms with E-state index in [0.29, 0.717) is 18.7 Å². The van der Waals surface area contributed by atoms with Crippen LogP contribution in [-0.2, 0) is 4.74 Å². The summed E-state index contributed by atoms with van der Waals surface area (Å²) in [6.45, 7) is 7.49. The number of hydrogen-bond donors (Lipinski definition) is 1. The van der Waals surface area contributed by atoms with E-state index in [0.717, 1.165) is 12.1 Å². The van der Waals surface area contributed by atoms with Gasteiger partial charge in [-0.15, -0.1) is 0 Å². The van der Waals surface area contributed by atoms with Crippen LogP contribution < -0.4 is 5.73 Å². The molecule has 1 saturated heterocycles. The fourth-order valence-corrected chi connectivity index (χ4v) is 2.98. The molecule has 0 aliphatic carbocycles. The van der Waals surface area contributed by atoms with Gasteiger partial charge >= 0.3 is 0 Å². The zero-order valence-corrected chi connectivity index (χ0v) is 12.2. The van der Waals surface area contributed by atoms with Crippen LogP contribution in [0.25, 0.3) is 0 Å². The van der Waals surface area contributed by atoms with Crippen molar-refractivity contribution in [3.05, 3.63) is 35.4 Å². The minimum Gasteiger partial charge on any atom is -0.370 e. The first-order valence-electron chi connectivity index (χ1n) is 6.89. The van der Waals surface area contributed by atoms with Crippen LogP contribution in [0, 0.1) is 11.6 Å². The maximum Gasteiger partial charge on any atom is 0.128 e. The number of rotatable bonds is 3. The lowest BCUT2D eigenvalue weighted by atomic mass is 9.99. The summed E-state index contributed by atoms with van der Waals surface area (Å²) in [6.07, 6.45) is 0.0319. The Morgan fingerprint density at radius 1 is 1.45 bits per heavy atom. The molecule has 0 bridgehead atoms. The molecule has 1 fully saturated rings. The number of benzene rings is 1. The summed E-state index contributed by atoms with van der Waals surface area (Å²) in [7, 11) is 0. The molecule has 1 aliphatic rings. The number of ether oxygens (including phenoxy) is 1. The molecule has 0 aromatic heterocycles. The summed E-state index contributed by atoms with van der Waals surface area (Å²) in [5.41, 5.74) is 5.81. The molecule has 2 rings (SSSR count). The summed E-state index contributed by atoms with van der Waals surface area (Å²) < 4.78 is 33.2. The van der Waals surface area contributed by atoms with Crippen molar-refractivity contribution in [1.82, 2.24) is 4.90 Å². The molecule has 0 saturated carbocycles. The van der Waals surface area contributed by atoms with Gasteiger partial charge in [-0.25, -0.2) is 8.78 Å². The minimum atomic E-state index is -0.444. The summed E-state index contributed by atoms with van der Waals surface area (Å²) >= 11 is 0. The number of halogens is 2. The fraction of sp³-hybridized carbons (Fsp3) is 0.600. The van der Waals surface area contributed by atoms with Crippen LogP contribution in [0.5, 0.6) is 0 Å². The van der Waals surface area contributed by atoms with Gasteiger partial charge in [-0.3, -0.25) is 4.90 Å². The number of nitrogens with zero attached hydrogens (tertiary/aromatic N) is 1. The molecule has 1 aromatic rings. The van der Waals surface area contributed by atoms with Gasteiger partial charge in [0.1, 0.15) is 11.6 Å². The van der Waals surface area contributed by atoms with E-state index in [9.17, 15) is 8.78 Å². The average Bonchev–Trinajstić information content (AvgIpc) is 2.32. The molecule has 0 amide bonds. The van der Waals surface area contributed by atoms with Gasteiger partial charge in [-0.1, -0.05) is 0 Å². The average molecular weight is 284 g/mol. The Morgan fingerprint density at radius 2 is 2.15 bits per heavy atom. The van der Waals surface area contributed by atoms with Crippen molar-refractivity contribution in [3.63, 3.8) is 0 Å². The fourth-order valence-electron chi connectivity index (χ4n) is 2.98. The number of morpholine rings is 1. The van der Waals surface area contributed by atoms with E-state index < -0.39 is 11.6 Å². The Labute approximate surface area is 118 Å². The van der Waals surface area contributed by atoms with Gasteiger partial charge in [-0.05, 0) is 39.0 Å².